The highest BCUT2D eigenvalue weighted by atomic mass is 32.2. The summed E-state index contributed by atoms with van der Waals surface area (Å²) in [6, 6.07) is 6.27. The fraction of sp³-hybridized carbons (Fsp3) is 0.500. The van der Waals surface area contributed by atoms with Gasteiger partial charge in [0.1, 0.15) is 6.54 Å². The summed E-state index contributed by atoms with van der Waals surface area (Å²) < 4.78 is 23.0. The minimum Gasteiger partial charge on any atom is -0.341 e. The number of hydrogen-bond acceptors (Lipinski definition) is 6. The maximum atomic E-state index is 12.3. The molecule has 1 fully saturated rings. The fourth-order valence-corrected chi connectivity index (χ4v) is 3.54. The number of carbonyl (C=O) groups excluding carboxylic acids is 1. The molecule has 1 saturated heterocycles. The van der Waals surface area contributed by atoms with Crippen LogP contribution in [0, 0.1) is 5.92 Å². The molecule has 134 valence electrons. The van der Waals surface area contributed by atoms with Crippen molar-refractivity contribution in [3.05, 3.63) is 24.3 Å². The molecule has 1 amide bonds. The van der Waals surface area contributed by atoms with Gasteiger partial charge in [0.25, 0.3) is 0 Å². The molecule has 2 aromatic rings. The Labute approximate surface area is 146 Å². The number of amides is 1. The van der Waals surface area contributed by atoms with Crippen LogP contribution < -0.4 is 0 Å². The largest absolute Gasteiger partial charge is 0.341 e. The highest BCUT2D eigenvalue weighted by Crippen LogP contribution is 2.18. The Bertz CT molecular complexity index is 860. The summed E-state index contributed by atoms with van der Waals surface area (Å²) in [4.78, 5) is 15.7. The van der Waals surface area contributed by atoms with Gasteiger partial charge in [-0.15, -0.1) is 10.2 Å². The third-order valence-corrected chi connectivity index (χ3v) is 5.41. The zero-order valence-corrected chi connectivity index (χ0v) is 15.1. The highest BCUT2D eigenvalue weighted by molar-refractivity contribution is 7.90. The van der Waals surface area contributed by atoms with Crippen molar-refractivity contribution in [2.75, 3.05) is 19.3 Å². The normalized spacial score (nSPS) is 18.3. The molecule has 9 heteroatoms. The number of likely N-dealkylation sites (tertiary alicyclic amines) is 1. The standard InChI is InChI=1S/C16H21N5O3S/c1-12-4-3-9-20(10-12)15(22)11-21-18-16(17-19-21)13-5-7-14(8-6-13)25(2,23)24/h5-8,12H,3-4,9-11H2,1-2H3/t12-/m1/s1. The van der Waals surface area contributed by atoms with Crippen LogP contribution in [0.25, 0.3) is 11.4 Å². The van der Waals surface area contributed by atoms with E-state index in [0.717, 1.165) is 32.2 Å². The summed E-state index contributed by atoms with van der Waals surface area (Å²) in [6.45, 7) is 3.75. The molecule has 0 unspecified atom stereocenters. The number of sulfone groups is 1. The van der Waals surface area contributed by atoms with Crippen LogP contribution >= 0.6 is 0 Å². The molecule has 1 aliphatic heterocycles. The van der Waals surface area contributed by atoms with Gasteiger partial charge in [0.05, 0.1) is 4.90 Å². The molecule has 0 saturated carbocycles. The molecule has 1 aromatic heterocycles. The third kappa shape index (κ3) is 4.22. The molecule has 2 heterocycles. The van der Waals surface area contributed by atoms with Crippen LogP contribution in [0.1, 0.15) is 19.8 Å². The number of rotatable bonds is 4. The van der Waals surface area contributed by atoms with Crippen molar-refractivity contribution in [1.29, 1.82) is 0 Å². The van der Waals surface area contributed by atoms with Gasteiger partial charge in [-0.05, 0) is 48.2 Å². The van der Waals surface area contributed by atoms with E-state index in [0.29, 0.717) is 17.3 Å². The molecule has 3 rings (SSSR count). The van der Waals surface area contributed by atoms with Crippen LogP contribution in [0.15, 0.2) is 29.2 Å². The van der Waals surface area contributed by atoms with E-state index < -0.39 is 9.84 Å². The Morgan fingerprint density at radius 2 is 2.00 bits per heavy atom. The van der Waals surface area contributed by atoms with Gasteiger partial charge in [0, 0.05) is 24.9 Å². The van der Waals surface area contributed by atoms with Crippen molar-refractivity contribution in [3.63, 3.8) is 0 Å². The van der Waals surface area contributed by atoms with E-state index in [-0.39, 0.29) is 17.3 Å². The number of nitrogens with zero attached hydrogens (tertiary/aromatic N) is 5. The number of tetrazole rings is 1. The van der Waals surface area contributed by atoms with Crippen LogP contribution in [0.5, 0.6) is 0 Å². The molecule has 1 aliphatic rings. The van der Waals surface area contributed by atoms with E-state index in [4.69, 9.17) is 0 Å². The Morgan fingerprint density at radius 3 is 2.64 bits per heavy atom. The fourth-order valence-electron chi connectivity index (χ4n) is 2.91. The first-order valence-electron chi connectivity index (χ1n) is 8.19. The second-order valence-electron chi connectivity index (χ2n) is 6.53. The number of hydrogen-bond donors (Lipinski definition) is 0. The number of carbonyl (C=O) groups is 1. The molecule has 1 atom stereocenters. The lowest BCUT2D eigenvalue weighted by molar-refractivity contribution is -0.134. The van der Waals surface area contributed by atoms with Crippen molar-refractivity contribution in [1.82, 2.24) is 25.1 Å². The molecule has 0 N–H and O–H groups in total. The van der Waals surface area contributed by atoms with E-state index in [9.17, 15) is 13.2 Å². The molecule has 0 bridgehead atoms. The lowest BCUT2D eigenvalue weighted by Gasteiger charge is -2.30. The first-order valence-corrected chi connectivity index (χ1v) is 10.1. The Morgan fingerprint density at radius 1 is 1.28 bits per heavy atom. The van der Waals surface area contributed by atoms with E-state index in [1.54, 1.807) is 12.1 Å². The summed E-state index contributed by atoms with van der Waals surface area (Å²) in [5.74, 6) is 0.869. The predicted octanol–water partition coefficient (Wildman–Crippen LogP) is 1.00. The summed E-state index contributed by atoms with van der Waals surface area (Å²) in [7, 11) is -3.24. The second kappa shape index (κ2) is 6.91. The van der Waals surface area contributed by atoms with Crippen molar-refractivity contribution in [2.24, 2.45) is 5.92 Å². The average molecular weight is 363 g/mol. The molecule has 1 aromatic carbocycles. The van der Waals surface area contributed by atoms with E-state index in [1.807, 2.05) is 4.90 Å². The first-order chi connectivity index (χ1) is 11.8. The summed E-state index contributed by atoms with van der Waals surface area (Å²) in [5, 5.41) is 12.1. The molecular weight excluding hydrogens is 342 g/mol. The third-order valence-electron chi connectivity index (χ3n) is 4.28. The SMILES string of the molecule is C[C@@H]1CCCN(C(=O)Cn2nnc(-c3ccc(S(C)(=O)=O)cc3)n2)C1. The maximum absolute atomic E-state index is 12.3. The monoisotopic (exact) mass is 363 g/mol. The summed E-state index contributed by atoms with van der Waals surface area (Å²) in [5.41, 5.74) is 0.651. The van der Waals surface area contributed by atoms with Crippen molar-refractivity contribution >= 4 is 15.7 Å². The maximum Gasteiger partial charge on any atom is 0.246 e. The molecule has 0 radical (unpaired) electrons. The van der Waals surface area contributed by atoms with Gasteiger partial charge in [0.15, 0.2) is 9.84 Å². The van der Waals surface area contributed by atoms with E-state index in [1.165, 1.54) is 16.9 Å². The number of piperidine rings is 1. The van der Waals surface area contributed by atoms with Crippen LogP contribution in [-0.2, 0) is 21.2 Å². The first kappa shape index (κ1) is 17.5. The topological polar surface area (TPSA) is 98.0 Å². The van der Waals surface area contributed by atoms with Gasteiger partial charge in [-0.25, -0.2) is 8.42 Å². The molecular formula is C16H21N5O3S. The average Bonchev–Trinajstić information content (AvgIpc) is 3.02. The van der Waals surface area contributed by atoms with Crippen molar-refractivity contribution < 1.29 is 13.2 Å². The van der Waals surface area contributed by atoms with Gasteiger partial charge in [-0.2, -0.15) is 4.80 Å². The summed E-state index contributed by atoms with van der Waals surface area (Å²) >= 11 is 0. The van der Waals surface area contributed by atoms with Crippen molar-refractivity contribution in [3.8, 4) is 11.4 Å². The molecule has 25 heavy (non-hydrogen) atoms. The minimum atomic E-state index is -3.24. The zero-order chi connectivity index (χ0) is 18.0. The van der Waals surface area contributed by atoms with E-state index >= 15 is 0 Å². The van der Waals surface area contributed by atoms with E-state index in [2.05, 4.69) is 22.3 Å². The van der Waals surface area contributed by atoms with Gasteiger partial charge < -0.3 is 4.90 Å². The molecule has 0 spiro atoms. The van der Waals surface area contributed by atoms with Crippen LogP contribution in [0.4, 0.5) is 0 Å². The second-order valence-corrected chi connectivity index (χ2v) is 8.54. The van der Waals surface area contributed by atoms with Crippen LogP contribution in [0.3, 0.4) is 0 Å². The lowest BCUT2D eigenvalue weighted by atomic mass is 10.0. The highest BCUT2D eigenvalue weighted by Gasteiger charge is 2.22. The molecule has 0 aliphatic carbocycles. The van der Waals surface area contributed by atoms with Crippen LogP contribution in [-0.4, -0.2) is 58.8 Å². The van der Waals surface area contributed by atoms with Crippen molar-refractivity contribution in [2.45, 2.75) is 31.2 Å². The quantitative estimate of drug-likeness (QED) is 0.804. The van der Waals surface area contributed by atoms with Gasteiger partial charge in [-0.3, -0.25) is 4.79 Å². The minimum absolute atomic E-state index is 0.0112. The zero-order valence-electron chi connectivity index (χ0n) is 14.3. The van der Waals surface area contributed by atoms with Gasteiger partial charge in [0.2, 0.25) is 11.7 Å². The Balaban J connectivity index is 1.69. The lowest BCUT2D eigenvalue weighted by Crippen LogP contribution is -2.41. The summed E-state index contributed by atoms with van der Waals surface area (Å²) in [6.07, 6.45) is 3.33. The van der Waals surface area contributed by atoms with Crippen LogP contribution in [0.2, 0.25) is 0 Å². The number of aromatic nitrogens is 4. The smallest absolute Gasteiger partial charge is 0.246 e. The Hall–Kier alpha value is -2.29. The van der Waals surface area contributed by atoms with Gasteiger partial charge >= 0.3 is 0 Å². The predicted molar refractivity (Wildman–Crippen MR) is 91.3 cm³/mol. The Kier molecular flexibility index (Phi) is 4.85. The number of benzene rings is 1. The van der Waals surface area contributed by atoms with Gasteiger partial charge in [-0.1, -0.05) is 6.92 Å². The molecule has 8 nitrogen and oxygen atoms in total.